The lowest BCUT2D eigenvalue weighted by Crippen LogP contribution is -2.19. The first-order chi connectivity index (χ1) is 8.81. The molecule has 1 aromatic heterocycles. The molecular weight excluding hydrogens is 230 g/mol. The summed E-state index contributed by atoms with van der Waals surface area (Å²) in [6.07, 6.45) is 7.50. The van der Waals surface area contributed by atoms with Gasteiger partial charge in [-0.3, -0.25) is 9.89 Å². The molecule has 0 atom stereocenters. The molecule has 0 spiro atoms. The monoisotopic (exact) mass is 251 g/mol. The first-order valence-electron chi connectivity index (χ1n) is 6.72. The molecule has 0 saturated heterocycles. The number of amides is 1. The number of H-pyrrole nitrogens is 1. The number of carbonyl (C=O) groups excluding carboxylic acids is 1. The summed E-state index contributed by atoms with van der Waals surface area (Å²) in [7, 11) is 0. The number of carbonyl (C=O) groups is 1. The third-order valence-corrected chi connectivity index (χ3v) is 3.08. The van der Waals surface area contributed by atoms with Crippen LogP contribution in [0.15, 0.2) is 6.20 Å². The number of aromatic nitrogens is 2. The lowest BCUT2D eigenvalue weighted by Gasteiger charge is -2.06. The predicted molar refractivity (Wildman–Crippen MR) is 69.5 cm³/mol. The molecule has 5 heteroatoms. The second kappa shape index (κ2) is 6.54. The van der Waals surface area contributed by atoms with E-state index in [0.717, 1.165) is 30.6 Å². The molecule has 0 bridgehead atoms. The summed E-state index contributed by atoms with van der Waals surface area (Å²) >= 11 is 0. The molecule has 2 N–H and O–H groups in total. The molecule has 0 radical (unpaired) electrons. The third kappa shape index (κ3) is 3.84. The van der Waals surface area contributed by atoms with Gasteiger partial charge in [0.25, 0.3) is 5.91 Å². The summed E-state index contributed by atoms with van der Waals surface area (Å²) in [6, 6.07) is 0. The lowest BCUT2D eigenvalue weighted by molar-refractivity contribution is -0.120. The number of anilines is 1. The molecule has 0 aromatic carbocycles. The highest BCUT2D eigenvalue weighted by atomic mass is 16.5. The quantitative estimate of drug-likeness (QED) is 0.697. The van der Waals surface area contributed by atoms with Crippen molar-refractivity contribution in [2.45, 2.75) is 44.9 Å². The minimum absolute atomic E-state index is 0.113. The smallest absolute Gasteiger partial charge is 0.251 e. The second-order valence-electron chi connectivity index (χ2n) is 4.78. The maximum Gasteiger partial charge on any atom is 0.251 e. The van der Waals surface area contributed by atoms with Crippen molar-refractivity contribution in [1.29, 1.82) is 0 Å². The number of unbranched alkanes of at least 4 members (excludes halogenated alkanes) is 2. The molecule has 1 fully saturated rings. The maximum absolute atomic E-state index is 11.7. The first-order valence-corrected chi connectivity index (χ1v) is 6.72. The van der Waals surface area contributed by atoms with Gasteiger partial charge < -0.3 is 10.1 Å². The summed E-state index contributed by atoms with van der Waals surface area (Å²) in [5, 5.41) is 9.63. The van der Waals surface area contributed by atoms with Crippen molar-refractivity contribution < 1.29 is 9.53 Å². The van der Waals surface area contributed by atoms with Crippen molar-refractivity contribution in [1.82, 2.24) is 10.2 Å². The largest absolute Gasteiger partial charge is 0.372 e. The fourth-order valence-corrected chi connectivity index (χ4v) is 1.89. The standard InChI is InChI=1S/C13H21N3O2/c1-2-3-4-7-18-9-12(17)15-13-11(8-14-16-13)10-5-6-10/h8,10H,2-7,9H2,1H3,(H2,14,15,16,17). The highest BCUT2D eigenvalue weighted by Crippen LogP contribution is 2.42. The molecular formula is C13H21N3O2. The molecule has 0 unspecified atom stereocenters. The van der Waals surface area contributed by atoms with Crippen LogP contribution in [-0.4, -0.2) is 29.3 Å². The van der Waals surface area contributed by atoms with Gasteiger partial charge in [0.15, 0.2) is 0 Å². The topological polar surface area (TPSA) is 67.0 Å². The van der Waals surface area contributed by atoms with Crippen LogP contribution in [0.25, 0.3) is 0 Å². The maximum atomic E-state index is 11.7. The van der Waals surface area contributed by atoms with E-state index in [2.05, 4.69) is 22.4 Å². The molecule has 18 heavy (non-hydrogen) atoms. The van der Waals surface area contributed by atoms with Crippen LogP contribution in [0.5, 0.6) is 0 Å². The SMILES string of the molecule is CCCCCOCC(=O)Nc1[nH]ncc1C1CC1. The highest BCUT2D eigenvalue weighted by molar-refractivity contribution is 5.91. The van der Waals surface area contributed by atoms with E-state index in [0.29, 0.717) is 12.5 Å². The minimum Gasteiger partial charge on any atom is -0.372 e. The van der Waals surface area contributed by atoms with Gasteiger partial charge in [0, 0.05) is 12.2 Å². The fourth-order valence-electron chi connectivity index (χ4n) is 1.89. The molecule has 0 aliphatic heterocycles. The molecule has 1 aliphatic carbocycles. The van der Waals surface area contributed by atoms with E-state index in [1.54, 1.807) is 6.20 Å². The third-order valence-electron chi connectivity index (χ3n) is 3.08. The van der Waals surface area contributed by atoms with Crippen molar-refractivity contribution in [2.75, 3.05) is 18.5 Å². The van der Waals surface area contributed by atoms with E-state index >= 15 is 0 Å². The molecule has 1 aliphatic rings. The van der Waals surface area contributed by atoms with Crippen LogP contribution in [0.3, 0.4) is 0 Å². The zero-order chi connectivity index (χ0) is 12.8. The Labute approximate surface area is 107 Å². The zero-order valence-electron chi connectivity index (χ0n) is 10.9. The molecule has 1 aromatic rings. The zero-order valence-corrected chi connectivity index (χ0v) is 10.9. The number of nitrogens with one attached hydrogen (secondary N) is 2. The van der Waals surface area contributed by atoms with E-state index in [9.17, 15) is 4.79 Å². The van der Waals surface area contributed by atoms with E-state index in [-0.39, 0.29) is 12.5 Å². The van der Waals surface area contributed by atoms with E-state index in [1.807, 2.05) is 0 Å². The van der Waals surface area contributed by atoms with Crippen LogP contribution in [0, 0.1) is 0 Å². The van der Waals surface area contributed by atoms with Crippen molar-refractivity contribution in [3.8, 4) is 0 Å². The molecule has 5 nitrogen and oxygen atoms in total. The summed E-state index contributed by atoms with van der Waals surface area (Å²) in [6.45, 7) is 2.91. The average molecular weight is 251 g/mol. The first kappa shape index (κ1) is 13.1. The number of nitrogens with zero attached hydrogens (tertiary/aromatic N) is 1. The molecule has 1 amide bonds. The number of aromatic amines is 1. The Bertz CT molecular complexity index is 385. The molecule has 1 saturated carbocycles. The average Bonchev–Trinajstić information content (AvgIpc) is 3.10. The number of rotatable bonds is 8. The van der Waals surface area contributed by atoms with Gasteiger partial charge in [0.05, 0.1) is 6.20 Å². The van der Waals surface area contributed by atoms with E-state index in [4.69, 9.17) is 4.74 Å². The van der Waals surface area contributed by atoms with Gasteiger partial charge in [-0.25, -0.2) is 0 Å². The van der Waals surface area contributed by atoms with Gasteiger partial charge in [0.1, 0.15) is 12.4 Å². The summed E-state index contributed by atoms with van der Waals surface area (Å²) in [4.78, 5) is 11.7. The van der Waals surface area contributed by atoms with Crippen LogP contribution in [0.4, 0.5) is 5.82 Å². The van der Waals surface area contributed by atoms with Gasteiger partial charge in [-0.2, -0.15) is 5.10 Å². The van der Waals surface area contributed by atoms with Gasteiger partial charge >= 0.3 is 0 Å². The molecule has 2 rings (SSSR count). The minimum atomic E-state index is -0.113. The van der Waals surface area contributed by atoms with Crippen molar-refractivity contribution >= 4 is 11.7 Å². The van der Waals surface area contributed by atoms with Gasteiger partial charge in [-0.15, -0.1) is 0 Å². The second-order valence-corrected chi connectivity index (χ2v) is 4.78. The number of hydrogen-bond acceptors (Lipinski definition) is 3. The Hall–Kier alpha value is -1.36. The Morgan fingerprint density at radius 2 is 2.39 bits per heavy atom. The van der Waals surface area contributed by atoms with Crippen LogP contribution in [0.1, 0.15) is 50.5 Å². The van der Waals surface area contributed by atoms with E-state index in [1.165, 1.54) is 12.8 Å². The number of ether oxygens (including phenoxy) is 1. The van der Waals surface area contributed by atoms with Crippen molar-refractivity contribution in [3.05, 3.63) is 11.8 Å². The summed E-state index contributed by atoms with van der Waals surface area (Å²) < 4.78 is 5.32. The van der Waals surface area contributed by atoms with Crippen molar-refractivity contribution in [2.24, 2.45) is 0 Å². The van der Waals surface area contributed by atoms with E-state index < -0.39 is 0 Å². The summed E-state index contributed by atoms with van der Waals surface area (Å²) in [5.41, 5.74) is 1.12. The van der Waals surface area contributed by atoms with Gasteiger partial charge in [-0.05, 0) is 25.2 Å². The van der Waals surface area contributed by atoms with Crippen LogP contribution < -0.4 is 5.32 Å². The Morgan fingerprint density at radius 3 is 3.11 bits per heavy atom. The van der Waals surface area contributed by atoms with Gasteiger partial charge in [-0.1, -0.05) is 19.8 Å². The normalized spacial score (nSPS) is 14.7. The molecule has 100 valence electrons. The Morgan fingerprint density at radius 1 is 1.56 bits per heavy atom. The fraction of sp³-hybridized carbons (Fsp3) is 0.692. The van der Waals surface area contributed by atoms with Crippen LogP contribution in [0.2, 0.25) is 0 Å². The Kier molecular flexibility index (Phi) is 4.75. The predicted octanol–water partition coefficient (Wildman–Crippen LogP) is 2.43. The molecule has 1 heterocycles. The summed E-state index contributed by atoms with van der Waals surface area (Å²) in [5.74, 6) is 1.20. The van der Waals surface area contributed by atoms with Crippen molar-refractivity contribution in [3.63, 3.8) is 0 Å². The van der Waals surface area contributed by atoms with Crippen LogP contribution in [-0.2, 0) is 9.53 Å². The lowest BCUT2D eigenvalue weighted by atomic mass is 10.2. The van der Waals surface area contributed by atoms with Gasteiger partial charge in [0.2, 0.25) is 0 Å². The Balaban J connectivity index is 1.68. The number of hydrogen-bond donors (Lipinski definition) is 2. The highest BCUT2D eigenvalue weighted by Gasteiger charge is 2.27. The van der Waals surface area contributed by atoms with Crippen LogP contribution >= 0.6 is 0 Å².